The molecule has 0 bridgehead atoms. The molecule has 1 aliphatic heterocycles. The maximum Gasteiger partial charge on any atom is 0.238 e. The average Bonchev–Trinajstić information content (AvgIpc) is 3.27. The minimum atomic E-state index is -0.712. The number of carbonyl (C=O) groups is 1. The third-order valence-electron chi connectivity index (χ3n) is 4.88. The van der Waals surface area contributed by atoms with E-state index in [0.29, 0.717) is 12.8 Å². The third kappa shape index (κ3) is 3.00. The molecule has 1 amide bonds. The topological polar surface area (TPSA) is 32.3 Å². The molecule has 120 valence electrons. The maximum absolute atomic E-state index is 14.0. The Morgan fingerprint density at radius 3 is 2.77 bits per heavy atom. The van der Waals surface area contributed by atoms with E-state index in [1.54, 1.807) is 0 Å². The predicted octanol–water partition coefficient (Wildman–Crippen LogP) is 2.94. The number of likely N-dealkylation sites (N-methyl/N-ethyl adjacent to an activating group) is 1. The fourth-order valence-electron chi connectivity index (χ4n) is 3.35. The summed E-state index contributed by atoms with van der Waals surface area (Å²) in [7, 11) is 1.96. The average molecular weight is 308 g/mol. The monoisotopic (exact) mass is 308 g/mol. The van der Waals surface area contributed by atoms with Gasteiger partial charge in [0.15, 0.2) is 0 Å². The van der Waals surface area contributed by atoms with Crippen molar-refractivity contribution in [1.82, 2.24) is 10.2 Å². The van der Waals surface area contributed by atoms with Crippen LogP contribution >= 0.6 is 0 Å². The number of nitrogens with zero attached hydrogens (tertiary/aromatic N) is 1. The number of carbonyl (C=O) groups excluding carboxylic acids is 1. The lowest BCUT2D eigenvalue weighted by molar-refractivity contribution is -0.127. The summed E-state index contributed by atoms with van der Waals surface area (Å²) < 4.78 is 27.4. The number of nitrogens with one attached hydrogen (secondary N) is 1. The zero-order valence-corrected chi connectivity index (χ0v) is 12.9. The van der Waals surface area contributed by atoms with Crippen molar-refractivity contribution >= 4 is 5.91 Å². The van der Waals surface area contributed by atoms with E-state index in [1.807, 2.05) is 7.05 Å². The van der Waals surface area contributed by atoms with E-state index in [-0.39, 0.29) is 17.5 Å². The van der Waals surface area contributed by atoms with Crippen LogP contribution in [-0.4, -0.2) is 30.4 Å². The number of hydrogen-bond acceptors (Lipinski definition) is 2. The second-order valence-corrected chi connectivity index (χ2v) is 6.54. The quantitative estimate of drug-likeness (QED) is 0.931. The van der Waals surface area contributed by atoms with Gasteiger partial charge in [-0.2, -0.15) is 0 Å². The van der Waals surface area contributed by atoms with Crippen LogP contribution in [0.1, 0.15) is 44.1 Å². The van der Waals surface area contributed by atoms with E-state index >= 15 is 0 Å². The van der Waals surface area contributed by atoms with Gasteiger partial charge in [0.05, 0.1) is 11.6 Å². The van der Waals surface area contributed by atoms with Gasteiger partial charge in [-0.15, -0.1) is 0 Å². The molecule has 1 aliphatic carbocycles. The molecule has 3 rings (SSSR count). The van der Waals surface area contributed by atoms with Crippen LogP contribution in [0.5, 0.6) is 0 Å². The Morgan fingerprint density at radius 1 is 1.27 bits per heavy atom. The molecule has 0 aromatic heterocycles. The van der Waals surface area contributed by atoms with Crippen LogP contribution in [0.4, 0.5) is 8.78 Å². The lowest BCUT2D eigenvalue weighted by Gasteiger charge is -2.28. The SMILES string of the molecule is CN1CCCCCC1C(=O)NC1(c2cc(F)ccc2F)CC1. The molecule has 1 aromatic carbocycles. The number of amides is 1. The van der Waals surface area contributed by atoms with Gasteiger partial charge in [-0.05, 0) is 57.5 Å². The van der Waals surface area contributed by atoms with Crippen molar-refractivity contribution in [3.05, 3.63) is 35.4 Å². The highest BCUT2D eigenvalue weighted by atomic mass is 19.1. The molecule has 22 heavy (non-hydrogen) atoms. The minimum absolute atomic E-state index is 0.0643. The van der Waals surface area contributed by atoms with Gasteiger partial charge in [0.1, 0.15) is 11.6 Å². The second kappa shape index (κ2) is 5.95. The summed E-state index contributed by atoms with van der Waals surface area (Å²) in [5.74, 6) is -0.984. The summed E-state index contributed by atoms with van der Waals surface area (Å²) in [5.41, 5.74) is -0.437. The molecule has 1 heterocycles. The van der Waals surface area contributed by atoms with E-state index in [4.69, 9.17) is 0 Å². The highest BCUT2D eigenvalue weighted by Crippen LogP contribution is 2.46. The molecule has 0 spiro atoms. The van der Waals surface area contributed by atoms with E-state index in [0.717, 1.165) is 44.4 Å². The summed E-state index contributed by atoms with van der Waals surface area (Å²) in [4.78, 5) is 14.7. The predicted molar refractivity (Wildman–Crippen MR) is 80.3 cm³/mol. The standard InChI is InChI=1S/C17H22F2N2O/c1-21-10-4-2-3-5-15(21)16(22)20-17(8-9-17)13-11-12(18)6-7-14(13)19/h6-7,11,15H,2-5,8-10H2,1H3,(H,20,22). The molecule has 0 radical (unpaired) electrons. The first kappa shape index (κ1) is 15.4. The van der Waals surface area contributed by atoms with Gasteiger partial charge in [-0.25, -0.2) is 8.78 Å². The lowest BCUT2D eigenvalue weighted by Crippen LogP contribution is -2.48. The van der Waals surface area contributed by atoms with Gasteiger partial charge in [0.2, 0.25) is 5.91 Å². The summed E-state index contributed by atoms with van der Waals surface area (Å²) in [6.45, 7) is 0.902. The van der Waals surface area contributed by atoms with E-state index in [2.05, 4.69) is 10.2 Å². The highest BCUT2D eigenvalue weighted by molar-refractivity contribution is 5.83. The number of halogens is 2. The van der Waals surface area contributed by atoms with Gasteiger partial charge >= 0.3 is 0 Å². The summed E-state index contributed by atoms with van der Waals surface area (Å²) in [5, 5.41) is 2.99. The fraction of sp³-hybridized carbons (Fsp3) is 0.588. The number of likely N-dealkylation sites (tertiary alicyclic amines) is 1. The van der Waals surface area contributed by atoms with Crippen molar-refractivity contribution in [2.24, 2.45) is 0 Å². The van der Waals surface area contributed by atoms with Gasteiger partial charge < -0.3 is 5.32 Å². The van der Waals surface area contributed by atoms with Crippen LogP contribution in [0.15, 0.2) is 18.2 Å². The van der Waals surface area contributed by atoms with Crippen LogP contribution in [0, 0.1) is 11.6 Å². The first-order valence-electron chi connectivity index (χ1n) is 8.00. The number of benzene rings is 1. The van der Waals surface area contributed by atoms with Crippen LogP contribution in [0.2, 0.25) is 0 Å². The molecule has 1 saturated carbocycles. The molecule has 5 heteroatoms. The lowest BCUT2D eigenvalue weighted by atomic mass is 10.0. The zero-order chi connectivity index (χ0) is 15.7. The Morgan fingerprint density at radius 2 is 2.05 bits per heavy atom. The molecule has 1 atom stereocenters. The van der Waals surface area contributed by atoms with Gasteiger partial charge in [0.25, 0.3) is 0 Å². The Labute approximate surface area is 129 Å². The largest absolute Gasteiger partial charge is 0.345 e. The minimum Gasteiger partial charge on any atom is -0.345 e. The van der Waals surface area contributed by atoms with Crippen molar-refractivity contribution in [3.63, 3.8) is 0 Å². The molecule has 1 unspecified atom stereocenters. The van der Waals surface area contributed by atoms with Crippen molar-refractivity contribution in [2.45, 2.75) is 50.1 Å². The van der Waals surface area contributed by atoms with E-state index < -0.39 is 17.2 Å². The van der Waals surface area contributed by atoms with Crippen molar-refractivity contribution in [3.8, 4) is 0 Å². The summed E-state index contributed by atoms with van der Waals surface area (Å²) in [6.07, 6.45) is 5.42. The van der Waals surface area contributed by atoms with Gasteiger partial charge in [-0.3, -0.25) is 9.69 Å². The Balaban J connectivity index is 1.76. The summed E-state index contributed by atoms with van der Waals surface area (Å²) in [6, 6.07) is 3.28. The summed E-state index contributed by atoms with van der Waals surface area (Å²) >= 11 is 0. The van der Waals surface area contributed by atoms with E-state index in [9.17, 15) is 13.6 Å². The van der Waals surface area contributed by atoms with Crippen LogP contribution < -0.4 is 5.32 Å². The van der Waals surface area contributed by atoms with Crippen LogP contribution in [0.25, 0.3) is 0 Å². The van der Waals surface area contributed by atoms with E-state index in [1.165, 1.54) is 6.07 Å². The normalized spacial score (nSPS) is 24.6. The smallest absolute Gasteiger partial charge is 0.238 e. The Hall–Kier alpha value is -1.49. The van der Waals surface area contributed by atoms with Crippen molar-refractivity contribution in [2.75, 3.05) is 13.6 Å². The second-order valence-electron chi connectivity index (χ2n) is 6.54. The fourth-order valence-corrected chi connectivity index (χ4v) is 3.35. The molecular formula is C17H22F2N2O. The van der Waals surface area contributed by atoms with Gasteiger partial charge in [0, 0.05) is 5.56 Å². The first-order valence-corrected chi connectivity index (χ1v) is 8.00. The molecule has 1 saturated heterocycles. The van der Waals surface area contributed by atoms with Gasteiger partial charge in [-0.1, -0.05) is 12.8 Å². The molecule has 3 nitrogen and oxygen atoms in total. The first-order chi connectivity index (χ1) is 10.5. The zero-order valence-electron chi connectivity index (χ0n) is 12.9. The Kier molecular flexibility index (Phi) is 4.17. The van der Waals surface area contributed by atoms with Crippen LogP contribution in [0.3, 0.4) is 0 Å². The maximum atomic E-state index is 14.0. The molecule has 1 N–H and O–H groups in total. The number of rotatable bonds is 3. The Bertz CT molecular complexity index is 572. The van der Waals surface area contributed by atoms with Crippen molar-refractivity contribution < 1.29 is 13.6 Å². The molecule has 1 aromatic rings. The third-order valence-corrected chi connectivity index (χ3v) is 4.88. The molecule has 2 aliphatic rings. The number of hydrogen-bond donors (Lipinski definition) is 1. The highest BCUT2D eigenvalue weighted by Gasteiger charge is 2.48. The van der Waals surface area contributed by atoms with Crippen molar-refractivity contribution in [1.29, 1.82) is 0 Å². The van der Waals surface area contributed by atoms with Crippen LogP contribution in [-0.2, 0) is 10.3 Å². The molecular weight excluding hydrogens is 286 g/mol. The molecule has 2 fully saturated rings.